The predicted molar refractivity (Wildman–Crippen MR) is 103 cm³/mol. The van der Waals surface area contributed by atoms with Crippen LogP contribution in [0.4, 0.5) is 5.69 Å². The van der Waals surface area contributed by atoms with E-state index >= 15 is 0 Å². The third kappa shape index (κ3) is 3.01. The highest BCUT2D eigenvalue weighted by Crippen LogP contribution is 2.44. The first-order valence-corrected chi connectivity index (χ1v) is 9.22. The van der Waals surface area contributed by atoms with Gasteiger partial charge in [-0.2, -0.15) is 0 Å². The van der Waals surface area contributed by atoms with Crippen molar-refractivity contribution in [1.82, 2.24) is 0 Å². The third-order valence-corrected chi connectivity index (χ3v) is 4.85. The minimum atomic E-state index is -0.694. The molecule has 2 aliphatic rings. The molecule has 2 aromatic rings. The maximum Gasteiger partial charge on any atom is 0.294 e. The van der Waals surface area contributed by atoms with Crippen molar-refractivity contribution in [1.29, 1.82) is 0 Å². The summed E-state index contributed by atoms with van der Waals surface area (Å²) in [6, 6.07) is 13.7. The van der Waals surface area contributed by atoms with Gasteiger partial charge in [0, 0.05) is 18.2 Å². The standard InChI is InChI=1S/C22H21NO5/c1-13(2)10-16(24)19-20(14-6-4-3-5-7-14)23(22(26)21(19)25)15-8-9-17-18(11-15)28-12-27-17/h3-9,11,13,20,25H,10,12H2,1-2H3. The van der Waals surface area contributed by atoms with Crippen LogP contribution in [0.2, 0.25) is 0 Å². The number of Topliss-reactive ketones (excluding diaryl/α,β-unsaturated/α-hetero) is 1. The quantitative estimate of drug-likeness (QED) is 0.852. The molecule has 0 bridgehead atoms. The van der Waals surface area contributed by atoms with Crippen molar-refractivity contribution < 1.29 is 24.2 Å². The summed E-state index contributed by atoms with van der Waals surface area (Å²) in [7, 11) is 0. The van der Waals surface area contributed by atoms with E-state index in [1.807, 2.05) is 44.2 Å². The van der Waals surface area contributed by atoms with Gasteiger partial charge >= 0.3 is 0 Å². The largest absolute Gasteiger partial charge is 0.503 e. The average molecular weight is 379 g/mol. The van der Waals surface area contributed by atoms with E-state index in [0.717, 1.165) is 5.56 Å². The maximum absolute atomic E-state index is 13.0. The third-order valence-electron chi connectivity index (χ3n) is 4.85. The Bertz CT molecular complexity index is 964. The molecule has 6 heteroatoms. The van der Waals surface area contributed by atoms with Crippen molar-refractivity contribution in [2.24, 2.45) is 5.92 Å². The number of ether oxygens (including phenoxy) is 2. The minimum absolute atomic E-state index is 0.110. The van der Waals surface area contributed by atoms with Crippen LogP contribution >= 0.6 is 0 Å². The summed E-state index contributed by atoms with van der Waals surface area (Å²) in [6.45, 7) is 3.98. The van der Waals surface area contributed by atoms with E-state index in [1.54, 1.807) is 18.2 Å². The van der Waals surface area contributed by atoms with Gasteiger partial charge in [0.25, 0.3) is 5.91 Å². The van der Waals surface area contributed by atoms with Crippen LogP contribution in [0, 0.1) is 5.92 Å². The Labute approximate surface area is 163 Å². The average Bonchev–Trinajstić information content (AvgIpc) is 3.24. The molecule has 1 atom stereocenters. The Morgan fingerprint density at radius 1 is 1.14 bits per heavy atom. The van der Waals surface area contributed by atoms with Gasteiger partial charge in [-0.3, -0.25) is 14.5 Å². The number of aliphatic hydroxyl groups excluding tert-OH is 1. The number of ketones is 1. The van der Waals surface area contributed by atoms with Crippen molar-refractivity contribution in [3.63, 3.8) is 0 Å². The Balaban J connectivity index is 1.82. The zero-order valence-corrected chi connectivity index (χ0v) is 15.7. The molecule has 0 radical (unpaired) electrons. The van der Waals surface area contributed by atoms with E-state index in [-0.39, 0.29) is 30.5 Å². The lowest BCUT2D eigenvalue weighted by molar-refractivity contribution is -0.118. The van der Waals surface area contributed by atoms with Crippen molar-refractivity contribution in [3.05, 3.63) is 65.4 Å². The van der Waals surface area contributed by atoms with Crippen molar-refractivity contribution in [3.8, 4) is 11.5 Å². The lowest BCUT2D eigenvalue weighted by atomic mass is 9.92. The lowest BCUT2D eigenvalue weighted by Gasteiger charge is -2.27. The first kappa shape index (κ1) is 18.1. The smallest absolute Gasteiger partial charge is 0.294 e. The van der Waals surface area contributed by atoms with E-state index in [0.29, 0.717) is 17.2 Å². The first-order valence-electron chi connectivity index (χ1n) is 9.22. The Morgan fingerprint density at radius 2 is 1.86 bits per heavy atom. The predicted octanol–water partition coefficient (Wildman–Crippen LogP) is 3.93. The number of carbonyl (C=O) groups is 2. The fraction of sp³-hybridized carbons (Fsp3) is 0.273. The summed E-state index contributed by atoms with van der Waals surface area (Å²) in [6.07, 6.45) is 0.255. The molecule has 2 aliphatic heterocycles. The fourth-order valence-electron chi connectivity index (χ4n) is 3.62. The number of carbonyl (C=O) groups excluding carboxylic acids is 2. The Hall–Kier alpha value is -3.28. The van der Waals surface area contributed by atoms with E-state index in [2.05, 4.69) is 0 Å². The second-order valence-corrected chi connectivity index (χ2v) is 7.31. The molecule has 0 saturated heterocycles. The summed E-state index contributed by atoms with van der Waals surface area (Å²) in [4.78, 5) is 27.3. The number of amides is 1. The number of hydrogen-bond donors (Lipinski definition) is 1. The molecule has 144 valence electrons. The number of nitrogens with zero attached hydrogens (tertiary/aromatic N) is 1. The fourth-order valence-corrected chi connectivity index (χ4v) is 3.62. The van der Waals surface area contributed by atoms with Gasteiger partial charge in [-0.15, -0.1) is 0 Å². The van der Waals surface area contributed by atoms with Crippen LogP contribution in [-0.4, -0.2) is 23.6 Å². The number of anilines is 1. The molecular weight excluding hydrogens is 358 g/mol. The van der Waals surface area contributed by atoms with Crippen LogP contribution in [0.3, 0.4) is 0 Å². The topological polar surface area (TPSA) is 76.1 Å². The van der Waals surface area contributed by atoms with Crippen molar-refractivity contribution >= 4 is 17.4 Å². The van der Waals surface area contributed by atoms with Gasteiger partial charge in [0.15, 0.2) is 23.0 Å². The van der Waals surface area contributed by atoms with Crippen LogP contribution in [-0.2, 0) is 9.59 Å². The van der Waals surface area contributed by atoms with Crippen LogP contribution in [0.25, 0.3) is 0 Å². The lowest BCUT2D eigenvalue weighted by Crippen LogP contribution is -2.31. The second kappa shape index (κ2) is 7.03. The molecule has 1 N–H and O–H groups in total. The molecule has 0 fully saturated rings. The molecule has 28 heavy (non-hydrogen) atoms. The molecule has 2 aromatic carbocycles. The highest BCUT2D eigenvalue weighted by atomic mass is 16.7. The molecule has 1 unspecified atom stereocenters. The molecule has 1 amide bonds. The molecule has 4 rings (SSSR count). The number of fused-ring (bicyclic) bond motifs is 1. The molecule has 6 nitrogen and oxygen atoms in total. The molecule has 0 saturated carbocycles. The molecule has 0 aliphatic carbocycles. The van der Waals surface area contributed by atoms with Gasteiger partial charge in [0.1, 0.15) is 0 Å². The highest BCUT2D eigenvalue weighted by Gasteiger charge is 2.44. The molecular formula is C22H21NO5. The van der Waals surface area contributed by atoms with Crippen LogP contribution in [0.1, 0.15) is 31.9 Å². The van der Waals surface area contributed by atoms with E-state index in [4.69, 9.17) is 9.47 Å². The molecule has 0 aromatic heterocycles. The van der Waals surface area contributed by atoms with Crippen LogP contribution < -0.4 is 14.4 Å². The van der Waals surface area contributed by atoms with Gasteiger partial charge < -0.3 is 14.6 Å². The van der Waals surface area contributed by atoms with Crippen LogP contribution in [0.15, 0.2) is 59.9 Å². The molecule has 2 heterocycles. The van der Waals surface area contributed by atoms with Crippen molar-refractivity contribution in [2.75, 3.05) is 11.7 Å². The first-order chi connectivity index (χ1) is 13.5. The minimum Gasteiger partial charge on any atom is -0.503 e. The van der Waals surface area contributed by atoms with E-state index in [1.165, 1.54) is 4.90 Å². The monoisotopic (exact) mass is 379 g/mol. The zero-order valence-electron chi connectivity index (χ0n) is 15.7. The number of hydrogen-bond acceptors (Lipinski definition) is 5. The highest BCUT2D eigenvalue weighted by molar-refractivity contribution is 6.16. The maximum atomic E-state index is 13.0. The van der Waals surface area contributed by atoms with Gasteiger partial charge in [-0.1, -0.05) is 44.2 Å². The summed E-state index contributed by atoms with van der Waals surface area (Å²) in [5.74, 6) is -0.0765. The second-order valence-electron chi connectivity index (χ2n) is 7.31. The summed E-state index contributed by atoms with van der Waals surface area (Å²) >= 11 is 0. The van der Waals surface area contributed by atoms with Gasteiger partial charge in [0.2, 0.25) is 6.79 Å². The van der Waals surface area contributed by atoms with Gasteiger partial charge in [-0.25, -0.2) is 0 Å². The van der Waals surface area contributed by atoms with Gasteiger partial charge in [0.05, 0.1) is 11.6 Å². The van der Waals surface area contributed by atoms with Crippen LogP contribution in [0.5, 0.6) is 11.5 Å². The summed E-state index contributed by atoms with van der Waals surface area (Å²) in [5, 5.41) is 10.6. The van der Waals surface area contributed by atoms with Crippen molar-refractivity contribution in [2.45, 2.75) is 26.3 Å². The summed E-state index contributed by atoms with van der Waals surface area (Å²) in [5.41, 5.74) is 1.43. The zero-order chi connectivity index (χ0) is 19.8. The van der Waals surface area contributed by atoms with E-state index in [9.17, 15) is 14.7 Å². The molecule has 0 spiro atoms. The Kier molecular flexibility index (Phi) is 4.55. The number of rotatable bonds is 5. The van der Waals surface area contributed by atoms with E-state index < -0.39 is 17.7 Å². The number of benzene rings is 2. The normalized spacial score (nSPS) is 18.3. The van der Waals surface area contributed by atoms with Gasteiger partial charge in [-0.05, 0) is 23.6 Å². The summed E-state index contributed by atoms with van der Waals surface area (Å²) < 4.78 is 10.8. The number of aliphatic hydroxyl groups is 1. The SMILES string of the molecule is CC(C)CC(=O)C1=C(O)C(=O)N(c2ccc3c(c2)OCO3)C1c1ccccc1. The Morgan fingerprint density at radius 3 is 2.57 bits per heavy atom.